The Morgan fingerprint density at radius 1 is 0.431 bits per heavy atom. The third-order valence-corrected chi connectivity index (χ3v) is 9.04. The molecular weight excluding hydrogens is 950 g/mol. The van der Waals surface area contributed by atoms with Crippen LogP contribution >= 0.6 is 104 Å². The van der Waals surface area contributed by atoms with E-state index in [2.05, 4.69) is 0 Å². The van der Waals surface area contributed by atoms with Crippen LogP contribution in [0.15, 0.2) is 109 Å². The Bertz CT molecular complexity index is 2330. The molecule has 58 heavy (non-hydrogen) atoms. The summed E-state index contributed by atoms with van der Waals surface area (Å²) in [6.45, 7) is 2.74. The average molecular weight is 977 g/mol. The number of hydrogen-bond acceptors (Lipinski definition) is 8. The quantitative estimate of drug-likeness (QED) is 0.0693. The van der Waals surface area contributed by atoms with Gasteiger partial charge in [0.2, 0.25) is 0 Å². The van der Waals surface area contributed by atoms with Crippen molar-refractivity contribution >= 4 is 116 Å². The largest absolute Gasteiger partial charge is 1.00 e. The van der Waals surface area contributed by atoms with Gasteiger partial charge < -0.3 is 29.5 Å². The molecular formula is C40H26Cl9NaO8. The third kappa shape index (κ3) is 16.0. The zero-order valence-electron chi connectivity index (χ0n) is 30.1. The fourth-order valence-electron chi connectivity index (χ4n) is 4.27. The number of hydrogen-bond donors (Lipinski definition) is 1. The molecule has 0 heterocycles. The van der Waals surface area contributed by atoms with Gasteiger partial charge >= 0.3 is 35.5 Å². The molecule has 298 valence electrons. The van der Waals surface area contributed by atoms with E-state index in [0.717, 1.165) is 0 Å². The van der Waals surface area contributed by atoms with Gasteiger partial charge in [0.1, 0.15) is 23.0 Å². The Morgan fingerprint density at radius 2 is 0.759 bits per heavy atom. The summed E-state index contributed by atoms with van der Waals surface area (Å²) < 4.78 is 21.8. The minimum Gasteiger partial charge on any atom is -0.870 e. The number of benzene rings is 6. The monoisotopic (exact) mass is 972 g/mol. The van der Waals surface area contributed by atoms with Gasteiger partial charge in [0.15, 0.2) is 28.8 Å². The second kappa shape index (κ2) is 24.5. The molecule has 0 fully saturated rings. The van der Waals surface area contributed by atoms with Gasteiger partial charge in [-0.2, -0.15) is 0 Å². The molecule has 0 atom stereocenters. The van der Waals surface area contributed by atoms with Crippen molar-refractivity contribution in [1.82, 2.24) is 0 Å². The van der Waals surface area contributed by atoms with E-state index in [1.165, 1.54) is 26.0 Å². The Balaban J connectivity index is 0.000000296. The third-order valence-electron chi connectivity index (χ3n) is 6.74. The summed E-state index contributed by atoms with van der Waals surface area (Å²) in [5, 5.41) is 13.6. The van der Waals surface area contributed by atoms with E-state index in [1.54, 1.807) is 97.1 Å². The predicted molar refractivity (Wildman–Crippen MR) is 229 cm³/mol. The molecule has 0 aliphatic heterocycles. The number of ether oxygens (including phenoxy) is 4. The van der Waals surface area contributed by atoms with Crippen LogP contribution in [-0.2, 0) is 4.79 Å². The normalized spacial score (nSPS) is 9.91. The molecule has 0 unspecified atom stereocenters. The van der Waals surface area contributed by atoms with E-state index in [-0.39, 0.29) is 58.1 Å². The van der Waals surface area contributed by atoms with Crippen LogP contribution in [0.5, 0.6) is 46.0 Å². The fourth-order valence-corrected chi connectivity index (χ4v) is 6.12. The molecule has 8 nitrogen and oxygen atoms in total. The van der Waals surface area contributed by atoms with Crippen LogP contribution in [0.2, 0.25) is 45.2 Å². The zero-order chi connectivity index (χ0) is 41.1. The molecule has 0 radical (unpaired) electrons. The van der Waals surface area contributed by atoms with Gasteiger partial charge in [-0.15, -0.1) is 0 Å². The Kier molecular flexibility index (Phi) is 21.7. The number of ketones is 1. The molecule has 18 heteroatoms. The Labute approximate surface area is 400 Å². The second-order valence-electron chi connectivity index (χ2n) is 11.0. The van der Waals surface area contributed by atoms with E-state index >= 15 is 0 Å². The molecule has 6 aromatic rings. The SMILES string of the molecule is CC(=O)Oc1cc(Cl)ccc1Oc1ccc(Cl)cc1Cl.CC(=O)c1cc(Cl)ccc1Oc1ccc(Cl)cc1Cl.Oc1cc(Cl)ccc1Oc1ccc(Cl)cc1Cl.[Na+].[OH-]. The van der Waals surface area contributed by atoms with E-state index < -0.39 is 5.97 Å². The van der Waals surface area contributed by atoms with Crippen molar-refractivity contribution in [2.24, 2.45) is 0 Å². The first-order chi connectivity index (χ1) is 26.5. The number of carbonyl (C=O) groups is 2. The summed E-state index contributed by atoms with van der Waals surface area (Å²) in [4.78, 5) is 22.6. The molecule has 6 aromatic carbocycles. The second-order valence-corrected chi connectivity index (χ2v) is 14.9. The Morgan fingerprint density at radius 3 is 1.16 bits per heavy atom. The standard InChI is InChI=1S/C14H9Cl3O3.C14H9Cl3O2.C12H7Cl3O2.Na.H2O/c1-8(18)19-14-7-10(16)3-5-13(14)20-12-4-2-9(15)6-11(12)17;1-8(18)11-6-9(15)2-4-13(11)19-14-5-3-10(16)7-12(14)17;13-7-1-3-11(9(15)5-7)17-12-4-2-8(14)6-10(12)16;;/h2-7H,1H3;2-7H,1H3;1-6,16H;;1H2/q;;;+1;/p-1. The Hall–Kier alpha value is -2.77. The van der Waals surface area contributed by atoms with Gasteiger partial charge in [-0.25, -0.2) is 0 Å². The summed E-state index contributed by atoms with van der Waals surface area (Å²) in [6.07, 6.45) is 0. The predicted octanol–water partition coefficient (Wildman–Crippen LogP) is 13.0. The number of halogens is 9. The molecule has 0 amide bonds. The smallest absolute Gasteiger partial charge is 0.870 e. The molecule has 0 saturated heterocycles. The maximum atomic E-state index is 11.6. The number of aromatic hydroxyl groups is 1. The van der Waals surface area contributed by atoms with Gasteiger partial charge in [0, 0.05) is 49.2 Å². The molecule has 0 aliphatic rings. The van der Waals surface area contributed by atoms with Crippen LogP contribution in [0.1, 0.15) is 24.2 Å². The van der Waals surface area contributed by atoms with E-state index in [9.17, 15) is 14.7 Å². The molecule has 0 bridgehead atoms. The van der Waals surface area contributed by atoms with Crippen LogP contribution in [0.3, 0.4) is 0 Å². The maximum Gasteiger partial charge on any atom is 1.00 e. The van der Waals surface area contributed by atoms with Crippen molar-refractivity contribution in [1.29, 1.82) is 0 Å². The van der Waals surface area contributed by atoms with Gasteiger partial charge in [0.05, 0.1) is 20.6 Å². The van der Waals surface area contributed by atoms with Crippen LogP contribution in [0.4, 0.5) is 0 Å². The van der Waals surface area contributed by atoms with Crippen LogP contribution in [0, 0.1) is 0 Å². The minimum atomic E-state index is -0.473. The van der Waals surface area contributed by atoms with Crippen molar-refractivity contribution in [2.75, 3.05) is 0 Å². The molecule has 0 saturated carbocycles. The van der Waals surface area contributed by atoms with Crippen LogP contribution in [-0.4, -0.2) is 22.3 Å². The topological polar surface area (TPSA) is 121 Å². The molecule has 0 aromatic heterocycles. The number of phenols is 1. The van der Waals surface area contributed by atoms with Gasteiger partial charge in [-0.3, -0.25) is 9.59 Å². The summed E-state index contributed by atoms with van der Waals surface area (Å²) >= 11 is 52.8. The number of esters is 1. The van der Waals surface area contributed by atoms with Crippen molar-refractivity contribution < 1.29 is 68.7 Å². The maximum absolute atomic E-state index is 11.6. The number of phenolic OH excluding ortho intramolecular Hbond substituents is 1. The molecule has 6 rings (SSSR count). The van der Waals surface area contributed by atoms with E-state index in [4.69, 9.17) is 123 Å². The first kappa shape index (κ1) is 51.4. The average Bonchev–Trinajstić information content (AvgIpc) is 3.11. The number of rotatable bonds is 8. The van der Waals surface area contributed by atoms with Crippen molar-refractivity contribution in [3.05, 3.63) is 160 Å². The van der Waals surface area contributed by atoms with Gasteiger partial charge in [-0.1, -0.05) is 104 Å². The number of carbonyl (C=O) groups excluding carboxylic acids is 2. The number of Topliss-reactive ketones (excluding diaryl/α,β-unsaturated/α-hetero) is 1. The van der Waals surface area contributed by atoms with Crippen LogP contribution in [0.25, 0.3) is 0 Å². The van der Waals surface area contributed by atoms with E-state index in [0.29, 0.717) is 79.5 Å². The summed E-state index contributed by atoms with van der Waals surface area (Å²) in [6, 6.07) is 28.6. The summed E-state index contributed by atoms with van der Waals surface area (Å²) in [5.41, 5.74) is 0.401. The molecule has 0 spiro atoms. The van der Waals surface area contributed by atoms with Crippen molar-refractivity contribution in [2.45, 2.75) is 13.8 Å². The molecule has 2 N–H and O–H groups in total. The van der Waals surface area contributed by atoms with Gasteiger partial charge in [0.25, 0.3) is 0 Å². The van der Waals surface area contributed by atoms with Crippen molar-refractivity contribution in [3.8, 4) is 46.0 Å². The first-order valence-corrected chi connectivity index (χ1v) is 19.0. The molecule has 0 aliphatic carbocycles. The van der Waals surface area contributed by atoms with Crippen LogP contribution < -0.4 is 48.5 Å². The summed E-state index contributed by atoms with van der Waals surface area (Å²) in [7, 11) is 0. The minimum absolute atomic E-state index is 0. The summed E-state index contributed by atoms with van der Waals surface area (Å²) in [5.74, 6) is 1.80. The van der Waals surface area contributed by atoms with Gasteiger partial charge in [-0.05, 0) is 104 Å². The van der Waals surface area contributed by atoms with Crippen molar-refractivity contribution in [3.63, 3.8) is 0 Å². The first-order valence-electron chi connectivity index (χ1n) is 15.6. The fraction of sp³-hybridized carbons (Fsp3) is 0.0500. The zero-order valence-corrected chi connectivity index (χ0v) is 38.9. The van der Waals surface area contributed by atoms with E-state index in [1.807, 2.05) is 0 Å².